The van der Waals surface area contributed by atoms with Gasteiger partial charge < -0.3 is 9.68 Å². The molecule has 0 bridgehead atoms. The molecular weight excluding hydrogens is 308 g/mol. The molecule has 0 aliphatic carbocycles. The van der Waals surface area contributed by atoms with Crippen molar-refractivity contribution in [2.24, 2.45) is 0 Å². The first-order valence-corrected chi connectivity index (χ1v) is 6.97. The molecule has 1 aliphatic rings. The molecule has 2 aromatic rings. The Bertz CT molecular complexity index is 758. The Morgan fingerprint density at radius 3 is 2.70 bits per heavy atom. The van der Waals surface area contributed by atoms with Crippen molar-refractivity contribution in [2.45, 2.75) is 19.2 Å². The van der Waals surface area contributed by atoms with Gasteiger partial charge in [0.1, 0.15) is 0 Å². The Kier molecular flexibility index (Phi) is 4.00. The summed E-state index contributed by atoms with van der Waals surface area (Å²) < 4.78 is 44.0. The first kappa shape index (κ1) is 15.8. The van der Waals surface area contributed by atoms with Crippen LogP contribution < -0.4 is 5.46 Å². The van der Waals surface area contributed by atoms with Gasteiger partial charge in [-0.1, -0.05) is 36.4 Å². The van der Waals surface area contributed by atoms with E-state index in [9.17, 15) is 23.0 Å². The van der Waals surface area contributed by atoms with Crippen LogP contribution in [-0.4, -0.2) is 17.9 Å². The molecule has 0 unspecified atom stereocenters. The number of ketones is 1. The second kappa shape index (κ2) is 5.83. The van der Waals surface area contributed by atoms with Gasteiger partial charge in [-0.3, -0.25) is 4.79 Å². The van der Waals surface area contributed by atoms with Gasteiger partial charge in [-0.05, 0) is 22.7 Å². The number of carbonyl (C=O) groups is 1. The fraction of sp³-hybridized carbons (Fsp3) is 0.188. The van der Waals surface area contributed by atoms with E-state index in [1.54, 1.807) is 12.1 Å². The summed E-state index contributed by atoms with van der Waals surface area (Å²) in [6.07, 6.45) is -4.86. The van der Waals surface area contributed by atoms with E-state index < -0.39 is 24.6 Å². The molecule has 3 rings (SSSR count). The topological polar surface area (TPSA) is 46.5 Å². The van der Waals surface area contributed by atoms with Crippen molar-refractivity contribution < 1.29 is 27.6 Å². The van der Waals surface area contributed by atoms with Crippen molar-refractivity contribution in [3.8, 4) is 0 Å². The van der Waals surface area contributed by atoms with Gasteiger partial charge in [0, 0.05) is 12.0 Å². The smallest absolute Gasteiger partial charge is 0.423 e. The van der Waals surface area contributed by atoms with Crippen molar-refractivity contribution in [1.82, 2.24) is 0 Å². The summed E-state index contributed by atoms with van der Waals surface area (Å²) in [5, 5.41) is 9.65. The maximum atomic E-state index is 13.0. The highest BCUT2D eigenvalue weighted by molar-refractivity contribution is 6.61. The third-order valence-corrected chi connectivity index (χ3v) is 3.80. The predicted octanol–water partition coefficient (Wildman–Crippen LogP) is 2.35. The molecule has 3 nitrogen and oxygen atoms in total. The predicted molar refractivity (Wildman–Crippen MR) is 78.3 cm³/mol. The third kappa shape index (κ3) is 3.16. The quantitative estimate of drug-likeness (QED) is 0.698. The van der Waals surface area contributed by atoms with Crippen LogP contribution in [0.5, 0.6) is 0 Å². The van der Waals surface area contributed by atoms with E-state index in [0.29, 0.717) is 5.46 Å². The average Bonchev–Trinajstić information content (AvgIpc) is 2.87. The van der Waals surface area contributed by atoms with Crippen LogP contribution in [0.3, 0.4) is 0 Å². The number of hydrogen-bond acceptors (Lipinski definition) is 3. The lowest BCUT2D eigenvalue weighted by molar-refractivity contribution is -0.138. The fourth-order valence-corrected chi connectivity index (χ4v) is 2.61. The zero-order valence-corrected chi connectivity index (χ0v) is 11.9. The van der Waals surface area contributed by atoms with Gasteiger partial charge in [-0.15, -0.1) is 0 Å². The van der Waals surface area contributed by atoms with Gasteiger partial charge in [-0.25, -0.2) is 0 Å². The lowest BCUT2D eigenvalue weighted by atomic mass is 9.78. The lowest BCUT2D eigenvalue weighted by Gasteiger charge is -2.12. The van der Waals surface area contributed by atoms with Crippen LogP contribution in [0.15, 0.2) is 42.5 Å². The van der Waals surface area contributed by atoms with E-state index in [4.69, 9.17) is 4.65 Å². The zero-order valence-electron chi connectivity index (χ0n) is 11.9. The molecule has 0 aromatic heterocycles. The molecule has 1 N–H and O–H groups in total. The standard InChI is InChI=1S/C16H12BF3O3/c18-16(19,20)13-4-2-1-3-10(13)8-15(21)11-5-6-12-9-23-17(22)14(12)7-11/h1-7,22H,8-9H2. The lowest BCUT2D eigenvalue weighted by Crippen LogP contribution is -2.28. The molecule has 2 aromatic carbocycles. The Balaban J connectivity index is 1.88. The van der Waals surface area contributed by atoms with Crippen LogP contribution in [0.1, 0.15) is 27.0 Å². The average molecular weight is 320 g/mol. The zero-order chi connectivity index (χ0) is 16.6. The normalized spacial score (nSPS) is 14.0. The number of carbonyl (C=O) groups excluding carboxylic acids is 1. The molecular formula is C16H12BF3O3. The van der Waals surface area contributed by atoms with Gasteiger partial charge in [0.05, 0.1) is 12.2 Å². The third-order valence-electron chi connectivity index (χ3n) is 3.80. The molecule has 23 heavy (non-hydrogen) atoms. The van der Waals surface area contributed by atoms with Crippen LogP contribution in [0.2, 0.25) is 0 Å². The summed E-state index contributed by atoms with van der Waals surface area (Å²) in [7, 11) is -1.10. The molecule has 0 spiro atoms. The number of rotatable bonds is 3. The SMILES string of the molecule is O=C(Cc1ccccc1C(F)(F)F)c1ccc2c(c1)B(O)OC2. The van der Waals surface area contributed by atoms with Crippen molar-refractivity contribution in [1.29, 1.82) is 0 Å². The summed E-state index contributed by atoms with van der Waals surface area (Å²) in [6.45, 7) is 0.252. The Morgan fingerprint density at radius 1 is 1.22 bits per heavy atom. The van der Waals surface area contributed by atoms with E-state index >= 15 is 0 Å². The van der Waals surface area contributed by atoms with E-state index in [2.05, 4.69) is 0 Å². The molecule has 0 saturated carbocycles. The van der Waals surface area contributed by atoms with Gasteiger partial charge in [0.25, 0.3) is 0 Å². The van der Waals surface area contributed by atoms with Crippen molar-refractivity contribution in [3.05, 3.63) is 64.7 Å². The minimum absolute atomic E-state index is 0.0673. The van der Waals surface area contributed by atoms with Crippen LogP contribution in [0.25, 0.3) is 0 Å². The molecule has 0 saturated heterocycles. The van der Waals surface area contributed by atoms with Gasteiger partial charge >= 0.3 is 13.3 Å². The number of alkyl halides is 3. The first-order chi connectivity index (χ1) is 10.9. The second-order valence-corrected chi connectivity index (χ2v) is 5.33. The summed E-state index contributed by atoms with van der Waals surface area (Å²) in [5.74, 6) is -0.441. The molecule has 1 heterocycles. The molecule has 0 amide bonds. The molecule has 0 radical (unpaired) electrons. The Hall–Kier alpha value is -2.12. The largest absolute Gasteiger partial charge is 0.491 e. The number of benzene rings is 2. The van der Waals surface area contributed by atoms with E-state index in [0.717, 1.165) is 11.6 Å². The summed E-state index contributed by atoms with van der Waals surface area (Å²) in [5.41, 5.74) is 0.634. The van der Waals surface area contributed by atoms with Crippen molar-refractivity contribution in [3.63, 3.8) is 0 Å². The van der Waals surface area contributed by atoms with Crippen LogP contribution >= 0.6 is 0 Å². The maximum absolute atomic E-state index is 13.0. The molecule has 1 aliphatic heterocycles. The summed E-state index contributed by atoms with van der Waals surface area (Å²) in [6, 6.07) is 9.69. The van der Waals surface area contributed by atoms with Gasteiger partial charge in [0.15, 0.2) is 5.78 Å². The second-order valence-electron chi connectivity index (χ2n) is 5.33. The minimum Gasteiger partial charge on any atom is -0.423 e. The van der Waals surface area contributed by atoms with Crippen LogP contribution in [0, 0.1) is 0 Å². The number of hydrogen-bond donors (Lipinski definition) is 1. The van der Waals surface area contributed by atoms with Gasteiger partial charge in [-0.2, -0.15) is 13.2 Å². The monoisotopic (exact) mass is 320 g/mol. The maximum Gasteiger partial charge on any atom is 0.491 e. The minimum atomic E-state index is -4.50. The van der Waals surface area contributed by atoms with Crippen LogP contribution in [-0.2, 0) is 23.9 Å². The van der Waals surface area contributed by atoms with Crippen molar-refractivity contribution >= 4 is 18.4 Å². The van der Waals surface area contributed by atoms with Gasteiger partial charge in [0.2, 0.25) is 0 Å². The molecule has 118 valence electrons. The summed E-state index contributed by atoms with van der Waals surface area (Å²) >= 11 is 0. The Labute approximate surface area is 130 Å². The highest BCUT2D eigenvalue weighted by atomic mass is 19.4. The molecule has 0 atom stereocenters. The van der Waals surface area contributed by atoms with E-state index in [1.165, 1.54) is 24.3 Å². The number of Topliss-reactive ketones (excluding diaryl/α,β-unsaturated/α-hetero) is 1. The molecule has 0 fully saturated rings. The number of fused-ring (bicyclic) bond motifs is 1. The first-order valence-electron chi connectivity index (χ1n) is 6.97. The van der Waals surface area contributed by atoms with Crippen LogP contribution in [0.4, 0.5) is 13.2 Å². The summed E-state index contributed by atoms with van der Waals surface area (Å²) in [4.78, 5) is 12.3. The van der Waals surface area contributed by atoms with E-state index in [-0.39, 0.29) is 24.2 Å². The molecule has 7 heteroatoms. The van der Waals surface area contributed by atoms with Crippen molar-refractivity contribution in [2.75, 3.05) is 0 Å². The highest BCUT2D eigenvalue weighted by Crippen LogP contribution is 2.32. The highest BCUT2D eigenvalue weighted by Gasteiger charge is 2.33. The van der Waals surface area contributed by atoms with E-state index in [1.807, 2.05) is 0 Å². The Morgan fingerprint density at radius 2 is 1.96 bits per heavy atom. The number of halogens is 3. The fourth-order valence-electron chi connectivity index (χ4n) is 2.61.